The van der Waals surface area contributed by atoms with Gasteiger partial charge in [0.2, 0.25) is 5.91 Å². The molecule has 6 heteroatoms. The van der Waals surface area contributed by atoms with E-state index in [1.54, 1.807) is 26.2 Å². The van der Waals surface area contributed by atoms with Crippen molar-refractivity contribution in [2.45, 2.75) is 13.3 Å². The quantitative estimate of drug-likeness (QED) is 0.747. The number of carbonyl (C=O) groups is 2. The maximum Gasteiger partial charge on any atom is 0.224 e. The Labute approximate surface area is 166 Å². The fraction of sp³-hybridized carbons (Fsp3) is 0.364. The van der Waals surface area contributed by atoms with E-state index in [4.69, 9.17) is 4.74 Å². The third kappa shape index (κ3) is 4.82. The lowest BCUT2D eigenvalue weighted by Crippen LogP contribution is -2.49. The molecule has 6 nitrogen and oxygen atoms in total. The van der Waals surface area contributed by atoms with Gasteiger partial charge in [0.15, 0.2) is 5.78 Å². The number of amides is 1. The Hall–Kier alpha value is -3.02. The predicted octanol–water partition coefficient (Wildman–Crippen LogP) is 3.05. The highest BCUT2D eigenvalue weighted by Crippen LogP contribution is 2.28. The van der Waals surface area contributed by atoms with Gasteiger partial charge in [-0.3, -0.25) is 9.59 Å². The molecule has 1 amide bonds. The Bertz CT molecular complexity index is 812. The molecule has 0 atom stereocenters. The van der Waals surface area contributed by atoms with E-state index in [0.717, 1.165) is 30.2 Å². The molecule has 0 aromatic heterocycles. The number of benzene rings is 2. The van der Waals surface area contributed by atoms with Crippen LogP contribution in [0.2, 0.25) is 0 Å². The summed E-state index contributed by atoms with van der Waals surface area (Å²) in [5.41, 5.74) is 2.68. The van der Waals surface area contributed by atoms with E-state index in [9.17, 15) is 9.59 Å². The van der Waals surface area contributed by atoms with Gasteiger partial charge in [-0.1, -0.05) is 12.1 Å². The number of hydrogen-bond acceptors (Lipinski definition) is 5. The van der Waals surface area contributed by atoms with E-state index >= 15 is 0 Å². The zero-order chi connectivity index (χ0) is 19.9. The van der Waals surface area contributed by atoms with Crippen LogP contribution < -0.4 is 15.0 Å². The summed E-state index contributed by atoms with van der Waals surface area (Å²) in [5.74, 6) is 1.07. The van der Waals surface area contributed by atoms with E-state index in [1.807, 2.05) is 35.2 Å². The largest absolute Gasteiger partial charge is 0.495 e. The standard InChI is InChI=1S/C22H27N3O3/c1-17(26)18-7-9-19(10-8-18)23-12-11-22(27)25-15-13-24(14-16-25)20-5-3-4-6-21(20)28-2/h3-10,23H,11-16H2,1-2H3. The molecule has 1 aliphatic heterocycles. The average molecular weight is 381 g/mol. The Kier molecular flexibility index (Phi) is 6.53. The third-order valence-corrected chi connectivity index (χ3v) is 5.02. The lowest BCUT2D eigenvalue weighted by molar-refractivity contribution is -0.131. The van der Waals surface area contributed by atoms with Crippen molar-refractivity contribution in [2.75, 3.05) is 50.1 Å². The molecule has 0 radical (unpaired) electrons. The minimum absolute atomic E-state index is 0.0500. The number of para-hydroxylation sites is 2. The van der Waals surface area contributed by atoms with Gasteiger partial charge in [-0.05, 0) is 43.3 Å². The van der Waals surface area contributed by atoms with Crippen LogP contribution in [0.3, 0.4) is 0 Å². The number of methoxy groups -OCH3 is 1. The number of nitrogens with zero attached hydrogens (tertiary/aromatic N) is 2. The molecule has 0 spiro atoms. The van der Waals surface area contributed by atoms with Crippen molar-refractivity contribution in [1.29, 1.82) is 0 Å². The monoisotopic (exact) mass is 381 g/mol. The van der Waals surface area contributed by atoms with E-state index in [-0.39, 0.29) is 11.7 Å². The fourth-order valence-corrected chi connectivity index (χ4v) is 3.38. The number of rotatable bonds is 7. The molecule has 2 aromatic carbocycles. The summed E-state index contributed by atoms with van der Waals surface area (Å²) in [6, 6.07) is 15.3. The Morgan fingerprint density at radius 2 is 1.68 bits per heavy atom. The van der Waals surface area contributed by atoms with E-state index in [2.05, 4.69) is 16.3 Å². The van der Waals surface area contributed by atoms with Crippen LogP contribution in [0.15, 0.2) is 48.5 Å². The predicted molar refractivity (Wildman–Crippen MR) is 111 cm³/mol. The van der Waals surface area contributed by atoms with E-state index in [1.165, 1.54) is 0 Å². The lowest BCUT2D eigenvalue weighted by atomic mass is 10.1. The van der Waals surface area contributed by atoms with Crippen molar-refractivity contribution < 1.29 is 14.3 Å². The van der Waals surface area contributed by atoms with Crippen LogP contribution in [0, 0.1) is 0 Å². The molecule has 1 aliphatic rings. The summed E-state index contributed by atoms with van der Waals surface area (Å²) < 4.78 is 5.44. The number of piperazine rings is 1. The Morgan fingerprint density at radius 3 is 2.32 bits per heavy atom. The maximum absolute atomic E-state index is 12.5. The van der Waals surface area contributed by atoms with Crippen LogP contribution >= 0.6 is 0 Å². The molecule has 1 N–H and O–H groups in total. The minimum atomic E-state index is 0.0500. The van der Waals surface area contributed by atoms with Crippen molar-refractivity contribution in [3.63, 3.8) is 0 Å². The SMILES string of the molecule is COc1ccccc1N1CCN(C(=O)CCNc2ccc(C(C)=O)cc2)CC1. The van der Waals surface area contributed by atoms with Gasteiger partial charge < -0.3 is 19.9 Å². The van der Waals surface area contributed by atoms with Gasteiger partial charge in [0.1, 0.15) is 5.75 Å². The molecule has 3 rings (SSSR count). The van der Waals surface area contributed by atoms with Crippen molar-refractivity contribution in [2.24, 2.45) is 0 Å². The number of Topliss-reactive ketones (excluding diaryl/α,β-unsaturated/α-hetero) is 1. The average Bonchev–Trinajstić information content (AvgIpc) is 2.74. The van der Waals surface area contributed by atoms with Crippen LogP contribution in [0.5, 0.6) is 5.75 Å². The summed E-state index contributed by atoms with van der Waals surface area (Å²) >= 11 is 0. The molecule has 2 aromatic rings. The minimum Gasteiger partial charge on any atom is -0.495 e. The van der Waals surface area contributed by atoms with Crippen molar-refractivity contribution in [3.05, 3.63) is 54.1 Å². The van der Waals surface area contributed by atoms with Crippen LogP contribution in [-0.2, 0) is 4.79 Å². The smallest absolute Gasteiger partial charge is 0.224 e. The van der Waals surface area contributed by atoms with Crippen molar-refractivity contribution in [3.8, 4) is 5.75 Å². The molecule has 1 fully saturated rings. The molecule has 0 bridgehead atoms. The molecular formula is C22H27N3O3. The maximum atomic E-state index is 12.5. The van der Waals surface area contributed by atoms with E-state index in [0.29, 0.717) is 31.6 Å². The van der Waals surface area contributed by atoms with Crippen LogP contribution in [-0.4, -0.2) is 56.4 Å². The second-order valence-electron chi connectivity index (χ2n) is 6.85. The third-order valence-electron chi connectivity index (χ3n) is 5.02. The first kappa shape index (κ1) is 19.7. The van der Waals surface area contributed by atoms with Gasteiger partial charge >= 0.3 is 0 Å². The number of anilines is 2. The number of hydrogen-bond donors (Lipinski definition) is 1. The van der Waals surface area contributed by atoms with Crippen molar-refractivity contribution in [1.82, 2.24) is 4.90 Å². The van der Waals surface area contributed by atoms with Gasteiger partial charge in [-0.15, -0.1) is 0 Å². The van der Waals surface area contributed by atoms with Gasteiger partial charge in [0.05, 0.1) is 12.8 Å². The lowest BCUT2D eigenvalue weighted by Gasteiger charge is -2.36. The molecule has 28 heavy (non-hydrogen) atoms. The molecular weight excluding hydrogens is 354 g/mol. The van der Waals surface area contributed by atoms with Gasteiger partial charge in [-0.25, -0.2) is 0 Å². The van der Waals surface area contributed by atoms with Gasteiger partial charge in [0.25, 0.3) is 0 Å². The summed E-state index contributed by atoms with van der Waals surface area (Å²) in [6.07, 6.45) is 0.448. The number of carbonyl (C=O) groups excluding carboxylic acids is 2. The number of ether oxygens (including phenoxy) is 1. The normalized spacial score (nSPS) is 13.9. The molecule has 0 unspecified atom stereocenters. The Balaban J connectivity index is 1.44. The Morgan fingerprint density at radius 1 is 1.00 bits per heavy atom. The zero-order valence-corrected chi connectivity index (χ0v) is 16.5. The summed E-state index contributed by atoms with van der Waals surface area (Å²) in [6.45, 7) is 5.15. The zero-order valence-electron chi connectivity index (χ0n) is 16.5. The first-order valence-electron chi connectivity index (χ1n) is 9.59. The molecule has 1 saturated heterocycles. The van der Waals surface area contributed by atoms with E-state index < -0.39 is 0 Å². The number of ketones is 1. The first-order chi connectivity index (χ1) is 13.6. The van der Waals surface area contributed by atoms with Gasteiger partial charge in [0, 0.05) is 50.4 Å². The second-order valence-corrected chi connectivity index (χ2v) is 6.85. The fourth-order valence-electron chi connectivity index (χ4n) is 3.38. The molecule has 0 saturated carbocycles. The van der Waals surface area contributed by atoms with Crippen LogP contribution in [0.4, 0.5) is 11.4 Å². The molecule has 0 aliphatic carbocycles. The highest BCUT2D eigenvalue weighted by atomic mass is 16.5. The second kappa shape index (κ2) is 9.26. The topological polar surface area (TPSA) is 61.9 Å². The highest BCUT2D eigenvalue weighted by molar-refractivity contribution is 5.94. The highest BCUT2D eigenvalue weighted by Gasteiger charge is 2.22. The van der Waals surface area contributed by atoms with Crippen LogP contribution in [0.25, 0.3) is 0 Å². The summed E-state index contributed by atoms with van der Waals surface area (Å²) in [4.78, 5) is 28.0. The summed E-state index contributed by atoms with van der Waals surface area (Å²) in [7, 11) is 1.68. The van der Waals surface area contributed by atoms with Crippen LogP contribution in [0.1, 0.15) is 23.7 Å². The first-order valence-corrected chi connectivity index (χ1v) is 9.59. The molecule has 1 heterocycles. The summed E-state index contributed by atoms with van der Waals surface area (Å²) in [5, 5.41) is 3.24. The van der Waals surface area contributed by atoms with Gasteiger partial charge in [-0.2, -0.15) is 0 Å². The number of nitrogens with one attached hydrogen (secondary N) is 1. The van der Waals surface area contributed by atoms with Crippen molar-refractivity contribution >= 4 is 23.1 Å². The molecule has 148 valence electrons.